The number of nitrogens with two attached hydrogens (primary N) is 1. The molecule has 0 unspecified atom stereocenters. The van der Waals surface area contributed by atoms with Gasteiger partial charge in [0.2, 0.25) is 5.91 Å². The van der Waals surface area contributed by atoms with Gasteiger partial charge in [0.1, 0.15) is 5.00 Å². The monoisotopic (exact) mass is 404 g/mol. The molecule has 2 aliphatic rings. The zero-order chi connectivity index (χ0) is 20.6. The van der Waals surface area contributed by atoms with Crippen molar-refractivity contribution in [3.63, 3.8) is 0 Å². The highest BCUT2D eigenvalue weighted by molar-refractivity contribution is 7.17. The standard InChI is InChI=1S/C21H28N2O4S/c1-4-12-5-6-13-16(9-12)28-20(17(13)18(22)24)23-19(25)14-7-10(2)11(3)8-15(14)21(26)27/h12,14-15H,4-9H2,1-3H3,(H2,22,24)(H,23,25)(H,26,27)/t12-,14+,15-/m1/s1. The number of fused-ring (bicyclic) bond motifs is 1. The van der Waals surface area contributed by atoms with Gasteiger partial charge in [0.25, 0.3) is 5.91 Å². The van der Waals surface area contributed by atoms with Gasteiger partial charge in [-0.25, -0.2) is 0 Å². The van der Waals surface area contributed by atoms with Crippen molar-refractivity contribution >= 4 is 34.1 Å². The zero-order valence-electron chi connectivity index (χ0n) is 16.6. The molecule has 3 atom stereocenters. The van der Waals surface area contributed by atoms with Gasteiger partial charge in [-0.05, 0) is 57.4 Å². The molecule has 0 aromatic carbocycles. The largest absolute Gasteiger partial charge is 0.481 e. The smallest absolute Gasteiger partial charge is 0.307 e. The molecule has 152 valence electrons. The van der Waals surface area contributed by atoms with Crippen LogP contribution in [0.3, 0.4) is 0 Å². The Morgan fingerprint density at radius 3 is 2.36 bits per heavy atom. The van der Waals surface area contributed by atoms with Gasteiger partial charge in [0, 0.05) is 4.88 Å². The number of rotatable bonds is 5. The van der Waals surface area contributed by atoms with Crippen LogP contribution in [0.4, 0.5) is 5.00 Å². The molecule has 0 spiro atoms. The van der Waals surface area contributed by atoms with Crippen LogP contribution < -0.4 is 11.1 Å². The Balaban J connectivity index is 1.89. The summed E-state index contributed by atoms with van der Waals surface area (Å²) in [6, 6.07) is 0. The van der Waals surface area contributed by atoms with E-state index in [2.05, 4.69) is 12.2 Å². The minimum atomic E-state index is -0.960. The van der Waals surface area contributed by atoms with Gasteiger partial charge < -0.3 is 16.2 Å². The predicted octanol–water partition coefficient (Wildman–Crippen LogP) is 3.75. The molecular weight excluding hydrogens is 376 g/mol. The van der Waals surface area contributed by atoms with Crippen LogP contribution in [0.1, 0.15) is 67.3 Å². The molecule has 0 radical (unpaired) electrons. The average molecular weight is 405 g/mol. The molecule has 0 bridgehead atoms. The van der Waals surface area contributed by atoms with Crippen LogP contribution in [0, 0.1) is 17.8 Å². The van der Waals surface area contributed by atoms with Crippen molar-refractivity contribution in [2.75, 3.05) is 5.32 Å². The van der Waals surface area contributed by atoms with Gasteiger partial charge in [0.15, 0.2) is 0 Å². The van der Waals surface area contributed by atoms with Crippen molar-refractivity contribution in [1.82, 2.24) is 0 Å². The van der Waals surface area contributed by atoms with Crippen molar-refractivity contribution in [2.24, 2.45) is 23.5 Å². The minimum absolute atomic E-state index is 0.340. The van der Waals surface area contributed by atoms with Crippen LogP contribution >= 0.6 is 11.3 Å². The molecule has 1 aromatic heterocycles. The number of aliphatic carboxylic acids is 1. The van der Waals surface area contributed by atoms with Crippen LogP contribution in [0.5, 0.6) is 0 Å². The van der Waals surface area contributed by atoms with Gasteiger partial charge in [-0.1, -0.05) is 24.5 Å². The second-order valence-electron chi connectivity index (χ2n) is 8.10. The summed E-state index contributed by atoms with van der Waals surface area (Å²) in [5, 5.41) is 12.9. The Hall–Kier alpha value is -2.15. The van der Waals surface area contributed by atoms with Gasteiger partial charge >= 0.3 is 5.97 Å². The van der Waals surface area contributed by atoms with E-state index in [-0.39, 0.29) is 5.91 Å². The molecule has 0 saturated heterocycles. The van der Waals surface area contributed by atoms with Crippen LogP contribution in [0.25, 0.3) is 0 Å². The molecule has 3 rings (SSSR count). The number of nitrogens with one attached hydrogen (secondary N) is 1. The molecule has 2 amide bonds. The Bertz CT molecular complexity index is 855. The number of hydrogen-bond donors (Lipinski definition) is 3. The Morgan fingerprint density at radius 1 is 1.14 bits per heavy atom. The third-order valence-electron chi connectivity index (χ3n) is 6.35. The maximum Gasteiger partial charge on any atom is 0.307 e. The number of amides is 2. The lowest BCUT2D eigenvalue weighted by Crippen LogP contribution is -2.36. The summed E-state index contributed by atoms with van der Waals surface area (Å²) in [4.78, 5) is 37.9. The van der Waals surface area contributed by atoms with Gasteiger partial charge in [-0.3, -0.25) is 14.4 Å². The predicted molar refractivity (Wildman–Crippen MR) is 109 cm³/mol. The first-order valence-electron chi connectivity index (χ1n) is 9.86. The summed E-state index contributed by atoms with van der Waals surface area (Å²) >= 11 is 1.42. The molecule has 28 heavy (non-hydrogen) atoms. The minimum Gasteiger partial charge on any atom is -0.481 e. The fraction of sp³-hybridized carbons (Fsp3) is 0.571. The van der Waals surface area contributed by atoms with E-state index < -0.39 is 23.7 Å². The van der Waals surface area contributed by atoms with E-state index in [1.54, 1.807) is 0 Å². The Morgan fingerprint density at radius 2 is 1.79 bits per heavy atom. The van der Waals surface area contributed by atoms with E-state index in [4.69, 9.17) is 5.73 Å². The topological polar surface area (TPSA) is 109 Å². The van der Waals surface area contributed by atoms with Crippen molar-refractivity contribution in [2.45, 2.75) is 59.3 Å². The summed E-state index contributed by atoms with van der Waals surface area (Å²) in [7, 11) is 0. The highest BCUT2D eigenvalue weighted by Crippen LogP contribution is 2.41. The van der Waals surface area contributed by atoms with E-state index in [0.29, 0.717) is 29.3 Å². The first-order valence-corrected chi connectivity index (χ1v) is 10.7. The molecule has 7 heteroatoms. The number of anilines is 1. The van der Waals surface area contributed by atoms with Crippen molar-refractivity contribution in [1.29, 1.82) is 0 Å². The third-order valence-corrected chi connectivity index (χ3v) is 7.52. The average Bonchev–Trinajstić information content (AvgIpc) is 3.00. The SMILES string of the molecule is CC[C@@H]1CCc2c(sc(NC(=O)[C@H]3CC(C)=C(C)C[C@H]3C(=O)O)c2C(N)=O)C1. The van der Waals surface area contributed by atoms with E-state index in [1.807, 2.05) is 13.8 Å². The van der Waals surface area contributed by atoms with Crippen LogP contribution in [-0.4, -0.2) is 22.9 Å². The van der Waals surface area contributed by atoms with Gasteiger partial charge in [-0.15, -0.1) is 11.3 Å². The van der Waals surface area contributed by atoms with Crippen molar-refractivity contribution < 1.29 is 19.5 Å². The molecule has 4 N–H and O–H groups in total. The number of thiophene rings is 1. The lowest BCUT2D eigenvalue weighted by molar-refractivity contribution is -0.146. The second-order valence-corrected chi connectivity index (χ2v) is 9.20. The summed E-state index contributed by atoms with van der Waals surface area (Å²) in [6.07, 6.45) is 4.58. The van der Waals surface area contributed by atoms with Gasteiger partial charge in [0.05, 0.1) is 17.4 Å². The molecule has 1 aromatic rings. The van der Waals surface area contributed by atoms with Crippen LogP contribution in [0.15, 0.2) is 11.1 Å². The van der Waals surface area contributed by atoms with E-state index >= 15 is 0 Å². The molecule has 2 aliphatic carbocycles. The van der Waals surface area contributed by atoms with E-state index in [1.165, 1.54) is 11.3 Å². The number of primary amides is 1. The van der Waals surface area contributed by atoms with Crippen molar-refractivity contribution in [3.8, 4) is 0 Å². The molecule has 0 aliphatic heterocycles. The molecule has 0 saturated carbocycles. The van der Waals surface area contributed by atoms with E-state index in [9.17, 15) is 19.5 Å². The number of allylic oxidation sites excluding steroid dienone is 2. The first-order chi connectivity index (χ1) is 13.2. The highest BCUT2D eigenvalue weighted by atomic mass is 32.1. The Kier molecular flexibility index (Phi) is 5.93. The van der Waals surface area contributed by atoms with Crippen LogP contribution in [-0.2, 0) is 22.4 Å². The normalized spacial score (nSPS) is 24.6. The highest BCUT2D eigenvalue weighted by Gasteiger charge is 2.38. The van der Waals surface area contributed by atoms with Gasteiger partial charge in [-0.2, -0.15) is 0 Å². The molecule has 6 nitrogen and oxygen atoms in total. The first kappa shape index (κ1) is 20.6. The van der Waals surface area contributed by atoms with Crippen LogP contribution in [0.2, 0.25) is 0 Å². The quantitative estimate of drug-likeness (QED) is 0.649. The zero-order valence-corrected chi connectivity index (χ0v) is 17.4. The number of hydrogen-bond acceptors (Lipinski definition) is 4. The Labute approximate surface area is 169 Å². The summed E-state index contributed by atoms with van der Waals surface area (Å²) < 4.78 is 0. The third kappa shape index (κ3) is 3.85. The number of carboxylic acid groups (broad SMARTS) is 1. The maximum absolute atomic E-state index is 13.0. The van der Waals surface area contributed by atoms with E-state index in [0.717, 1.165) is 47.3 Å². The fourth-order valence-corrected chi connectivity index (χ4v) is 5.75. The molecule has 1 heterocycles. The lowest BCUT2D eigenvalue weighted by atomic mass is 9.76. The maximum atomic E-state index is 13.0. The number of carbonyl (C=O) groups is 3. The number of carboxylic acids is 1. The lowest BCUT2D eigenvalue weighted by Gasteiger charge is -2.29. The summed E-state index contributed by atoms with van der Waals surface area (Å²) in [5.74, 6) is -2.65. The fourth-order valence-electron chi connectivity index (χ4n) is 4.38. The molecular formula is C21H28N2O4S. The second kappa shape index (κ2) is 8.07. The summed E-state index contributed by atoms with van der Waals surface area (Å²) in [5.41, 5.74) is 9.10. The number of carbonyl (C=O) groups excluding carboxylic acids is 2. The summed E-state index contributed by atoms with van der Waals surface area (Å²) in [6.45, 7) is 6.02. The molecule has 0 fully saturated rings. The van der Waals surface area contributed by atoms with Crippen molar-refractivity contribution in [3.05, 3.63) is 27.2 Å².